The van der Waals surface area contributed by atoms with Crippen molar-refractivity contribution in [1.82, 2.24) is 9.97 Å². The Bertz CT molecular complexity index is 431. The summed E-state index contributed by atoms with van der Waals surface area (Å²) in [5.74, 6) is 1.88. The topological polar surface area (TPSA) is 58.0 Å². The second-order valence-electron chi connectivity index (χ2n) is 5.73. The fourth-order valence-corrected chi connectivity index (χ4v) is 2.82. The molecule has 0 atom stereocenters. The lowest BCUT2D eigenvalue weighted by atomic mass is 9.85. The predicted octanol–water partition coefficient (Wildman–Crippen LogP) is 3.47. The highest BCUT2D eigenvalue weighted by atomic mass is 79.9. The van der Waals surface area contributed by atoms with Crippen LogP contribution < -0.4 is 5.32 Å². The van der Waals surface area contributed by atoms with Crippen molar-refractivity contribution in [3.63, 3.8) is 0 Å². The molecule has 1 aliphatic rings. The molecule has 0 spiro atoms. The fraction of sp³-hybridized carbons (Fsp3) is 0.714. The van der Waals surface area contributed by atoms with Gasteiger partial charge in [-0.1, -0.05) is 33.1 Å². The molecule has 1 aromatic rings. The first-order valence-corrected chi connectivity index (χ1v) is 7.78. The Morgan fingerprint density at radius 3 is 2.63 bits per heavy atom. The maximum atomic E-state index is 10.5. The Kier molecular flexibility index (Phi) is 4.79. The van der Waals surface area contributed by atoms with Crippen LogP contribution >= 0.6 is 15.9 Å². The third-order valence-corrected chi connectivity index (χ3v) is 4.02. The van der Waals surface area contributed by atoms with Gasteiger partial charge in [0.05, 0.1) is 5.60 Å². The first kappa shape index (κ1) is 14.7. The van der Waals surface area contributed by atoms with Crippen molar-refractivity contribution < 1.29 is 5.11 Å². The molecule has 5 heteroatoms. The maximum absolute atomic E-state index is 10.5. The van der Waals surface area contributed by atoms with Gasteiger partial charge in [-0.15, -0.1) is 0 Å². The highest BCUT2D eigenvalue weighted by Crippen LogP contribution is 2.28. The van der Waals surface area contributed by atoms with Crippen LogP contribution in [0.25, 0.3) is 0 Å². The first-order chi connectivity index (χ1) is 8.98. The zero-order chi connectivity index (χ0) is 13.9. The first-order valence-electron chi connectivity index (χ1n) is 6.99. The number of anilines is 1. The van der Waals surface area contributed by atoms with Crippen molar-refractivity contribution in [2.24, 2.45) is 0 Å². The van der Waals surface area contributed by atoms with E-state index in [1.165, 1.54) is 6.42 Å². The zero-order valence-corrected chi connectivity index (χ0v) is 13.2. The second kappa shape index (κ2) is 6.18. The molecule has 1 heterocycles. The van der Waals surface area contributed by atoms with Crippen LogP contribution in [0.4, 0.5) is 5.82 Å². The molecule has 0 radical (unpaired) electrons. The van der Waals surface area contributed by atoms with Crippen molar-refractivity contribution in [1.29, 1.82) is 0 Å². The number of halogens is 1. The minimum Gasteiger partial charge on any atom is -0.388 e. The standard InChI is InChI=1S/C14H22BrN3O/c1-10(2)13-17-11(15)8-12(18-13)16-9-14(19)6-4-3-5-7-14/h8,10,19H,3-7,9H2,1-2H3,(H,16,17,18). The maximum Gasteiger partial charge on any atom is 0.134 e. The van der Waals surface area contributed by atoms with Crippen LogP contribution in [0.2, 0.25) is 0 Å². The number of hydrogen-bond acceptors (Lipinski definition) is 4. The van der Waals surface area contributed by atoms with Crippen LogP contribution in [-0.2, 0) is 0 Å². The summed E-state index contributed by atoms with van der Waals surface area (Å²) in [5.41, 5.74) is -0.576. The molecule has 0 bridgehead atoms. The quantitative estimate of drug-likeness (QED) is 0.831. The fourth-order valence-electron chi connectivity index (χ4n) is 2.43. The third kappa shape index (κ3) is 4.14. The molecule has 1 aliphatic carbocycles. The number of nitrogens with one attached hydrogen (secondary N) is 1. The van der Waals surface area contributed by atoms with E-state index >= 15 is 0 Å². The summed E-state index contributed by atoms with van der Waals surface area (Å²) in [5, 5.41) is 13.7. The van der Waals surface area contributed by atoms with Crippen molar-refractivity contribution in [3.05, 3.63) is 16.5 Å². The Morgan fingerprint density at radius 2 is 2.00 bits per heavy atom. The van der Waals surface area contributed by atoms with Gasteiger partial charge in [-0.05, 0) is 28.8 Å². The summed E-state index contributed by atoms with van der Waals surface area (Å²) in [4.78, 5) is 8.83. The van der Waals surface area contributed by atoms with Gasteiger partial charge in [-0.25, -0.2) is 9.97 Å². The molecule has 19 heavy (non-hydrogen) atoms. The molecular weight excluding hydrogens is 306 g/mol. The molecule has 1 aromatic heterocycles. The molecule has 0 amide bonds. The SMILES string of the molecule is CC(C)c1nc(Br)cc(NCC2(O)CCCCC2)n1. The van der Waals surface area contributed by atoms with Crippen LogP contribution in [0.1, 0.15) is 57.7 Å². The Labute approximate surface area is 123 Å². The molecule has 106 valence electrons. The van der Waals surface area contributed by atoms with E-state index in [0.29, 0.717) is 6.54 Å². The lowest BCUT2D eigenvalue weighted by Gasteiger charge is -2.32. The average molecular weight is 328 g/mol. The molecule has 2 rings (SSSR count). The van der Waals surface area contributed by atoms with Crippen LogP contribution in [0.15, 0.2) is 10.7 Å². The molecule has 1 saturated carbocycles. The van der Waals surface area contributed by atoms with E-state index in [-0.39, 0.29) is 5.92 Å². The van der Waals surface area contributed by atoms with Crippen molar-refractivity contribution >= 4 is 21.7 Å². The molecular formula is C14H22BrN3O. The number of nitrogens with zero attached hydrogens (tertiary/aromatic N) is 2. The van der Waals surface area contributed by atoms with E-state index in [9.17, 15) is 5.11 Å². The van der Waals surface area contributed by atoms with E-state index in [1.807, 2.05) is 6.07 Å². The van der Waals surface area contributed by atoms with Gasteiger partial charge in [0, 0.05) is 18.5 Å². The summed E-state index contributed by atoms with van der Waals surface area (Å²) in [6.45, 7) is 4.70. The summed E-state index contributed by atoms with van der Waals surface area (Å²) < 4.78 is 0.782. The molecule has 0 aromatic carbocycles. The second-order valence-corrected chi connectivity index (χ2v) is 6.54. The molecule has 2 N–H and O–H groups in total. The summed E-state index contributed by atoms with van der Waals surface area (Å²) in [7, 11) is 0. The zero-order valence-electron chi connectivity index (χ0n) is 11.6. The number of hydrogen-bond donors (Lipinski definition) is 2. The predicted molar refractivity (Wildman–Crippen MR) is 80.3 cm³/mol. The Balaban J connectivity index is 2.02. The van der Waals surface area contributed by atoms with Crippen LogP contribution in [0.5, 0.6) is 0 Å². The lowest BCUT2D eigenvalue weighted by molar-refractivity contribution is 0.0166. The van der Waals surface area contributed by atoms with Crippen molar-refractivity contribution in [3.8, 4) is 0 Å². The molecule has 4 nitrogen and oxygen atoms in total. The minimum absolute atomic E-state index is 0.288. The van der Waals surface area contributed by atoms with E-state index < -0.39 is 5.60 Å². The Morgan fingerprint density at radius 1 is 1.32 bits per heavy atom. The summed E-state index contributed by atoms with van der Waals surface area (Å²) in [6.07, 6.45) is 5.22. The average Bonchev–Trinajstić information content (AvgIpc) is 2.37. The molecule has 1 fully saturated rings. The van der Waals surface area contributed by atoms with Gasteiger partial charge in [0.2, 0.25) is 0 Å². The highest BCUT2D eigenvalue weighted by Gasteiger charge is 2.28. The largest absolute Gasteiger partial charge is 0.388 e. The number of rotatable bonds is 4. The van der Waals surface area contributed by atoms with Crippen LogP contribution in [0, 0.1) is 0 Å². The van der Waals surface area contributed by atoms with Gasteiger partial charge < -0.3 is 10.4 Å². The smallest absolute Gasteiger partial charge is 0.134 e. The van der Waals surface area contributed by atoms with Gasteiger partial charge >= 0.3 is 0 Å². The van der Waals surface area contributed by atoms with Crippen LogP contribution in [-0.4, -0.2) is 27.2 Å². The lowest BCUT2D eigenvalue weighted by Crippen LogP contribution is -2.39. The molecule has 0 aliphatic heterocycles. The number of aromatic nitrogens is 2. The normalized spacial score (nSPS) is 18.6. The summed E-state index contributed by atoms with van der Waals surface area (Å²) >= 11 is 3.41. The monoisotopic (exact) mass is 327 g/mol. The van der Waals surface area contributed by atoms with Crippen LogP contribution in [0.3, 0.4) is 0 Å². The van der Waals surface area contributed by atoms with Crippen molar-refractivity contribution in [2.45, 2.75) is 57.5 Å². The van der Waals surface area contributed by atoms with Gasteiger partial charge in [0.25, 0.3) is 0 Å². The highest BCUT2D eigenvalue weighted by molar-refractivity contribution is 9.10. The van der Waals surface area contributed by atoms with E-state index in [2.05, 4.69) is 45.1 Å². The Hall–Kier alpha value is -0.680. The van der Waals surface area contributed by atoms with E-state index in [1.54, 1.807) is 0 Å². The molecule has 0 unspecified atom stereocenters. The van der Waals surface area contributed by atoms with E-state index in [0.717, 1.165) is 41.9 Å². The van der Waals surface area contributed by atoms with Gasteiger partial charge in [0.15, 0.2) is 0 Å². The van der Waals surface area contributed by atoms with Gasteiger partial charge in [-0.2, -0.15) is 0 Å². The third-order valence-electron chi connectivity index (χ3n) is 3.61. The van der Waals surface area contributed by atoms with Gasteiger partial charge in [-0.3, -0.25) is 0 Å². The van der Waals surface area contributed by atoms with E-state index in [4.69, 9.17) is 0 Å². The number of aliphatic hydroxyl groups is 1. The summed E-state index contributed by atoms with van der Waals surface area (Å²) in [6, 6.07) is 1.86. The molecule has 0 saturated heterocycles. The minimum atomic E-state index is -0.576. The van der Waals surface area contributed by atoms with Crippen molar-refractivity contribution in [2.75, 3.05) is 11.9 Å². The van der Waals surface area contributed by atoms with Gasteiger partial charge in [0.1, 0.15) is 16.2 Å².